The van der Waals surface area contributed by atoms with Gasteiger partial charge < -0.3 is 15.7 Å². The Morgan fingerprint density at radius 2 is 2.00 bits per heavy atom. The van der Waals surface area contributed by atoms with Gasteiger partial charge in [-0.2, -0.15) is 0 Å². The quantitative estimate of drug-likeness (QED) is 0.693. The lowest BCUT2D eigenvalue weighted by Gasteiger charge is -2.10. The molecule has 0 bridgehead atoms. The zero-order valence-corrected chi connectivity index (χ0v) is 9.66. The summed E-state index contributed by atoms with van der Waals surface area (Å²) in [6.07, 6.45) is 0. The fourth-order valence-corrected chi connectivity index (χ4v) is 1.17. The molecule has 1 unspecified atom stereocenters. The van der Waals surface area contributed by atoms with Crippen LogP contribution >= 0.6 is 0 Å². The van der Waals surface area contributed by atoms with Gasteiger partial charge in [-0.05, 0) is 26.0 Å². The van der Waals surface area contributed by atoms with Gasteiger partial charge in [-0.3, -0.25) is 4.79 Å². The molecule has 1 atom stereocenters. The van der Waals surface area contributed by atoms with Gasteiger partial charge in [0.15, 0.2) is 0 Å². The fraction of sp³-hybridized carbons (Fsp3) is 0.417. The Labute approximate surface area is 95.7 Å². The van der Waals surface area contributed by atoms with Gasteiger partial charge in [0.05, 0.1) is 13.2 Å². The summed E-state index contributed by atoms with van der Waals surface area (Å²) in [5.74, 6) is -0.107. The number of aliphatic hydroxyl groups excluding tert-OH is 1. The molecule has 0 radical (unpaired) electrons. The van der Waals surface area contributed by atoms with E-state index in [1.54, 1.807) is 0 Å². The minimum atomic E-state index is -0.107. The molecular formula is C12H18N2O2. The number of anilines is 1. The van der Waals surface area contributed by atoms with Crippen molar-refractivity contribution >= 4 is 11.6 Å². The van der Waals surface area contributed by atoms with E-state index in [1.807, 2.05) is 38.1 Å². The molecule has 0 fully saturated rings. The van der Waals surface area contributed by atoms with Crippen molar-refractivity contribution in [2.75, 3.05) is 18.5 Å². The van der Waals surface area contributed by atoms with E-state index >= 15 is 0 Å². The van der Waals surface area contributed by atoms with Crippen LogP contribution in [-0.2, 0) is 4.79 Å². The Bertz CT molecular complexity index is 335. The fourth-order valence-electron chi connectivity index (χ4n) is 1.17. The number of amides is 1. The Balaban J connectivity index is 2.37. The highest BCUT2D eigenvalue weighted by atomic mass is 16.3. The van der Waals surface area contributed by atoms with Crippen molar-refractivity contribution in [2.24, 2.45) is 0 Å². The molecule has 0 aliphatic carbocycles. The molecule has 88 valence electrons. The van der Waals surface area contributed by atoms with Gasteiger partial charge in [0, 0.05) is 11.7 Å². The van der Waals surface area contributed by atoms with Crippen molar-refractivity contribution in [1.82, 2.24) is 5.32 Å². The van der Waals surface area contributed by atoms with Crippen molar-refractivity contribution in [1.29, 1.82) is 0 Å². The second kappa shape index (κ2) is 6.25. The minimum absolute atomic E-state index is 0.0256. The molecule has 1 aromatic rings. The van der Waals surface area contributed by atoms with E-state index in [9.17, 15) is 4.79 Å². The molecule has 1 amide bonds. The molecule has 0 heterocycles. The number of carbonyl (C=O) groups is 1. The van der Waals surface area contributed by atoms with Crippen LogP contribution in [0.2, 0.25) is 0 Å². The minimum Gasteiger partial charge on any atom is -0.395 e. The molecule has 0 aromatic heterocycles. The highest BCUT2D eigenvalue weighted by Gasteiger charge is 2.04. The summed E-state index contributed by atoms with van der Waals surface area (Å²) < 4.78 is 0. The van der Waals surface area contributed by atoms with Crippen LogP contribution < -0.4 is 10.6 Å². The summed E-state index contributed by atoms with van der Waals surface area (Å²) in [7, 11) is 0. The first kappa shape index (κ1) is 12.7. The van der Waals surface area contributed by atoms with Crippen LogP contribution in [-0.4, -0.2) is 30.2 Å². The van der Waals surface area contributed by atoms with Crippen LogP contribution in [0.15, 0.2) is 24.3 Å². The normalized spacial score (nSPS) is 12.2. The van der Waals surface area contributed by atoms with E-state index in [2.05, 4.69) is 10.6 Å². The Morgan fingerprint density at radius 3 is 2.56 bits per heavy atom. The maximum atomic E-state index is 11.5. The number of nitrogens with one attached hydrogen (secondary N) is 2. The third kappa shape index (κ3) is 4.42. The zero-order valence-electron chi connectivity index (χ0n) is 9.66. The second-order valence-electron chi connectivity index (χ2n) is 3.88. The van der Waals surface area contributed by atoms with Crippen LogP contribution in [0, 0.1) is 6.92 Å². The first-order valence-electron chi connectivity index (χ1n) is 5.32. The first-order valence-corrected chi connectivity index (χ1v) is 5.32. The lowest BCUT2D eigenvalue weighted by Crippen LogP contribution is -2.36. The molecule has 0 saturated heterocycles. The van der Waals surface area contributed by atoms with Gasteiger partial charge in [0.25, 0.3) is 0 Å². The van der Waals surface area contributed by atoms with Gasteiger partial charge in [0.1, 0.15) is 0 Å². The van der Waals surface area contributed by atoms with Crippen molar-refractivity contribution in [2.45, 2.75) is 19.9 Å². The molecule has 1 rings (SSSR count). The number of aliphatic hydroxyl groups is 1. The SMILES string of the molecule is Cc1ccc(NC(=O)CNC(C)CO)cc1. The number of hydrogen-bond acceptors (Lipinski definition) is 3. The molecule has 0 aliphatic heterocycles. The maximum Gasteiger partial charge on any atom is 0.238 e. The average Bonchev–Trinajstić information content (AvgIpc) is 2.29. The average molecular weight is 222 g/mol. The molecule has 16 heavy (non-hydrogen) atoms. The monoisotopic (exact) mass is 222 g/mol. The van der Waals surface area contributed by atoms with E-state index in [-0.39, 0.29) is 25.1 Å². The summed E-state index contributed by atoms with van der Waals surface area (Å²) in [5.41, 5.74) is 1.94. The number of benzene rings is 1. The summed E-state index contributed by atoms with van der Waals surface area (Å²) in [5, 5.41) is 14.4. The Morgan fingerprint density at radius 1 is 1.38 bits per heavy atom. The Kier molecular flexibility index (Phi) is 4.95. The number of carbonyl (C=O) groups excluding carboxylic acids is 1. The highest BCUT2D eigenvalue weighted by molar-refractivity contribution is 5.92. The standard InChI is InChI=1S/C12H18N2O2/c1-9-3-5-11(6-4-9)14-12(16)7-13-10(2)8-15/h3-6,10,13,15H,7-8H2,1-2H3,(H,14,16). The van der Waals surface area contributed by atoms with E-state index in [0.29, 0.717) is 0 Å². The lowest BCUT2D eigenvalue weighted by molar-refractivity contribution is -0.115. The smallest absolute Gasteiger partial charge is 0.238 e. The summed E-state index contributed by atoms with van der Waals surface area (Å²) >= 11 is 0. The molecule has 4 heteroatoms. The van der Waals surface area contributed by atoms with Gasteiger partial charge in [-0.1, -0.05) is 17.7 Å². The third-order valence-electron chi connectivity index (χ3n) is 2.22. The molecule has 0 saturated carbocycles. The lowest BCUT2D eigenvalue weighted by atomic mass is 10.2. The number of rotatable bonds is 5. The molecule has 3 N–H and O–H groups in total. The first-order chi connectivity index (χ1) is 7.61. The van der Waals surface area contributed by atoms with Gasteiger partial charge in [-0.25, -0.2) is 0 Å². The second-order valence-corrected chi connectivity index (χ2v) is 3.88. The highest BCUT2D eigenvalue weighted by Crippen LogP contribution is 2.07. The van der Waals surface area contributed by atoms with E-state index in [0.717, 1.165) is 11.3 Å². The summed E-state index contributed by atoms with van der Waals surface area (Å²) in [4.78, 5) is 11.5. The van der Waals surface area contributed by atoms with Crippen LogP contribution in [0.1, 0.15) is 12.5 Å². The molecule has 4 nitrogen and oxygen atoms in total. The van der Waals surface area contributed by atoms with Crippen LogP contribution in [0.5, 0.6) is 0 Å². The summed E-state index contributed by atoms with van der Waals surface area (Å²) in [6, 6.07) is 7.55. The van der Waals surface area contributed by atoms with Crippen molar-refractivity contribution in [3.63, 3.8) is 0 Å². The molecule has 1 aromatic carbocycles. The Hall–Kier alpha value is -1.39. The summed E-state index contributed by atoms with van der Waals surface area (Å²) in [6.45, 7) is 4.04. The van der Waals surface area contributed by atoms with E-state index in [4.69, 9.17) is 5.11 Å². The van der Waals surface area contributed by atoms with Gasteiger partial charge in [-0.15, -0.1) is 0 Å². The van der Waals surface area contributed by atoms with Crippen molar-refractivity contribution in [3.05, 3.63) is 29.8 Å². The van der Waals surface area contributed by atoms with Crippen LogP contribution in [0.4, 0.5) is 5.69 Å². The third-order valence-corrected chi connectivity index (χ3v) is 2.22. The van der Waals surface area contributed by atoms with Crippen LogP contribution in [0.25, 0.3) is 0 Å². The predicted octanol–water partition coefficient (Wildman–Crippen LogP) is 0.904. The van der Waals surface area contributed by atoms with Gasteiger partial charge >= 0.3 is 0 Å². The number of hydrogen-bond donors (Lipinski definition) is 3. The molecule has 0 spiro atoms. The van der Waals surface area contributed by atoms with E-state index in [1.165, 1.54) is 0 Å². The zero-order chi connectivity index (χ0) is 12.0. The van der Waals surface area contributed by atoms with Gasteiger partial charge in [0.2, 0.25) is 5.91 Å². The van der Waals surface area contributed by atoms with E-state index < -0.39 is 0 Å². The van der Waals surface area contributed by atoms with Crippen LogP contribution in [0.3, 0.4) is 0 Å². The maximum absolute atomic E-state index is 11.5. The largest absolute Gasteiger partial charge is 0.395 e. The van der Waals surface area contributed by atoms with Crippen molar-refractivity contribution < 1.29 is 9.90 Å². The molecule has 0 aliphatic rings. The molecular weight excluding hydrogens is 204 g/mol. The van der Waals surface area contributed by atoms with Crippen molar-refractivity contribution in [3.8, 4) is 0 Å². The number of aryl methyl sites for hydroxylation is 1. The topological polar surface area (TPSA) is 61.4 Å². The predicted molar refractivity (Wildman–Crippen MR) is 64.4 cm³/mol.